The van der Waals surface area contributed by atoms with Crippen LogP contribution in [0, 0.1) is 0 Å². The normalized spacial score (nSPS) is 18.0. The van der Waals surface area contributed by atoms with Gasteiger partial charge in [0.25, 0.3) is 5.56 Å². The molecule has 0 saturated carbocycles. The number of benzene rings is 1. The van der Waals surface area contributed by atoms with E-state index in [-0.39, 0.29) is 29.6 Å². The number of fused-ring (bicyclic) bond motifs is 1. The molecule has 0 radical (unpaired) electrons. The fourth-order valence-corrected chi connectivity index (χ4v) is 4.90. The second kappa shape index (κ2) is 9.82. The summed E-state index contributed by atoms with van der Waals surface area (Å²) in [5, 5.41) is 4.26. The minimum atomic E-state index is -4.74. The van der Waals surface area contributed by atoms with E-state index in [0.717, 1.165) is 25.0 Å². The highest BCUT2D eigenvalue weighted by Gasteiger charge is 2.37. The van der Waals surface area contributed by atoms with Crippen LogP contribution in [0.3, 0.4) is 0 Å². The number of anilines is 1. The van der Waals surface area contributed by atoms with Crippen molar-refractivity contribution in [2.75, 3.05) is 25.2 Å². The van der Waals surface area contributed by atoms with Crippen molar-refractivity contribution in [3.8, 4) is 5.75 Å². The summed E-state index contributed by atoms with van der Waals surface area (Å²) in [6, 6.07) is 3.22. The van der Waals surface area contributed by atoms with E-state index in [1.807, 2.05) is 0 Å². The molecule has 1 fully saturated rings. The molecule has 3 aromatic rings. The molecule has 1 saturated heterocycles. The van der Waals surface area contributed by atoms with Crippen LogP contribution in [0.15, 0.2) is 35.4 Å². The lowest BCUT2D eigenvalue weighted by molar-refractivity contribution is -0.138. The Hall–Kier alpha value is -3.38. The van der Waals surface area contributed by atoms with Gasteiger partial charge >= 0.3 is 6.18 Å². The Balaban J connectivity index is 1.41. The molecule has 0 spiro atoms. The fraction of sp³-hybridized carbons (Fsp3) is 0.417. The number of halogens is 4. The second-order valence-corrected chi connectivity index (χ2v) is 9.16. The van der Waals surface area contributed by atoms with Crippen LogP contribution in [0.2, 0.25) is 5.02 Å². The number of rotatable bonds is 5. The van der Waals surface area contributed by atoms with Gasteiger partial charge in [-0.25, -0.2) is 4.98 Å². The van der Waals surface area contributed by atoms with Gasteiger partial charge in [-0.3, -0.25) is 9.59 Å². The Bertz CT molecular complexity index is 1400. The van der Waals surface area contributed by atoms with Gasteiger partial charge in [-0.2, -0.15) is 23.0 Å². The van der Waals surface area contributed by atoms with Crippen molar-refractivity contribution >= 4 is 23.1 Å². The van der Waals surface area contributed by atoms with Crippen LogP contribution < -0.4 is 15.2 Å². The zero-order valence-corrected chi connectivity index (χ0v) is 20.6. The monoisotopic (exact) mass is 537 g/mol. The van der Waals surface area contributed by atoms with Gasteiger partial charge in [0.2, 0.25) is 5.78 Å². The number of ketones is 1. The maximum Gasteiger partial charge on any atom is 0.417 e. The third kappa shape index (κ3) is 4.71. The molecule has 0 N–H and O–H groups in total. The van der Waals surface area contributed by atoms with E-state index in [1.54, 1.807) is 9.47 Å². The lowest BCUT2D eigenvalue weighted by atomic mass is 10.0. The van der Waals surface area contributed by atoms with E-state index in [1.165, 1.54) is 30.3 Å². The fourth-order valence-electron chi connectivity index (χ4n) is 4.65. The molecule has 1 aromatic carbocycles. The Labute approximate surface area is 214 Å². The molecule has 2 aromatic heterocycles. The zero-order valence-electron chi connectivity index (χ0n) is 19.8. The first-order valence-corrected chi connectivity index (χ1v) is 12.0. The van der Waals surface area contributed by atoms with E-state index >= 15 is 0 Å². The molecular formula is C24H23ClF3N5O4. The van der Waals surface area contributed by atoms with Crippen molar-refractivity contribution in [1.29, 1.82) is 0 Å². The topological polar surface area (TPSA) is 91.5 Å². The quantitative estimate of drug-likeness (QED) is 0.453. The van der Waals surface area contributed by atoms with Crippen LogP contribution >= 0.6 is 11.6 Å². The predicted molar refractivity (Wildman–Crippen MR) is 127 cm³/mol. The highest BCUT2D eigenvalue weighted by molar-refractivity contribution is 6.33. The molecule has 0 amide bonds. The Morgan fingerprint density at radius 1 is 1.22 bits per heavy atom. The second-order valence-electron chi connectivity index (χ2n) is 8.79. The smallest absolute Gasteiger partial charge is 0.417 e. The molecule has 196 valence electrons. The van der Waals surface area contributed by atoms with Crippen molar-refractivity contribution in [2.24, 2.45) is 0 Å². The zero-order chi connectivity index (χ0) is 26.3. The van der Waals surface area contributed by atoms with E-state index in [2.05, 4.69) is 10.1 Å². The number of carbonyl (C=O) groups is 1. The van der Waals surface area contributed by atoms with E-state index in [9.17, 15) is 22.8 Å². The van der Waals surface area contributed by atoms with Crippen LogP contribution in [0.5, 0.6) is 5.75 Å². The number of hydrogen-bond donors (Lipinski definition) is 0. The van der Waals surface area contributed by atoms with Crippen LogP contribution in [0.1, 0.15) is 52.9 Å². The lowest BCUT2D eigenvalue weighted by Crippen LogP contribution is -2.37. The lowest BCUT2D eigenvalue weighted by Gasteiger charge is -2.31. The van der Waals surface area contributed by atoms with Crippen LogP contribution in [-0.2, 0) is 24.0 Å². The molecule has 2 aliphatic heterocycles. The molecule has 1 atom stereocenters. The van der Waals surface area contributed by atoms with Crippen molar-refractivity contribution in [1.82, 2.24) is 19.3 Å². The number of nitrogens with zero attached hydrogens (tertiary/aromatic N) is 5. The standard InChI is InChI=1S/C24H23ClF3N5O4/c1-36-14-5-6-15(16(10-14)24(26,27)28)22(34)18-11-29-19-13-31(7-8-32(18)19)17-12-30-33(23(35)21(17)25)20-4-2-3-9-37-20/h5-6,10-12,20H,2-4,7-9,13H2,1H3. The molecule has 2 aliphatic rings. The maximum absolute atomic E-state index is 13.7. The third-order valence-electron chi connectivity index (χ3n) is 6.57. The summed E-state index contributed by atoms with van der Waals surface area (Å²) in [5.74, 6) is -0.346. The summed E-state index contributed by atoms with van der Waals surface area (Å²) in [6.07, 6.45) is 0.0929. The average Bonchev–Trinajstić information content (AvgIpc) is 3.32. The number of methoxy groups -OCH3 is 1. The summed E-state index contributed by atoms with van der Waals surface area (Å²) < 4.78 is 54.4. The number of alkyl halides is 3. The molecule has 4 heterocycles. The highest BCUT2D eigenvalue weighted by atomic mass is 35.5. The van der Waals surface area contributed by atoms with Crippen LogP contribution in [0.25, 0.3) is 0 Å². The predicted octanol–water partition coefficient (Wildman–Crippen LogP) is 4.07. The van der Waals surface area contributed by atoms with Crippen molar-refractivity contribution in [3.05, 3.63) is 68.6 Å². The van der Waals surface area contributed by atoms with Gasteiger partial charge in [-0.1, -0.05) is 11.6 Å². The number of ether oxygens (including phenoxy) is 2. The average molecular weight is 538 g/mol. The number of hydrogen-bond acceptors (Lipinski definition) is 7. The SMILES string of the molecule is COc1ccc(C(=O)c2cnc3n2CCN(c2cnn(C4CCCCO4)c(=O)c2Cl)C3)c(C(F)(F)F)c1. The molecule has 9 nitrogen and oxygen atoms in total. The summed E-state index contributed by atoms with van der Waals surface area (Å²) >= 11 is 6.43. The minimum Gasteiger partial charge on any atom is -0.497 e. The van der Waals surface area contributed by atoms with Gasteiger partial charge in [-0.05, 0) is 37.5 Å². The van der Waals surface area contributed by atoms with Crippen molar-refractivity contribution in [2.45, 2.75) is 44.8 Å². The molecule has 37 heavy (non-hydrogen) atoms. The summed E-state index contributed by atoms with van der Waals surface area (Å²) in [7, 11) is 1.25. The third-order valence-corrected chi connectivity index (χ3v) is 6.92. The largest absolute Gasteiger partial charge is 0.497 e. The van der Waals surface area contributed by atoms with Gasteiger partial charge in [0.15, 0.2) is 6.23 Å². The molecule has 13 heteroatoms. The first-order chi connectivity index (χ1) is 17.7. The van der Waals surface area contributed by atoms with Crippen molar-refractivity contribution in [3.63, 3.8) is 0 Å². The molecule has 0 bridgehead atoms. The number of carbonyl (C=O) groups excluding carboxylic acids is 1. The highest BCUT2D eigenvalue weighted by Crippen LogP contribution is 2.36. The summed E-state index contributed by atoms with van der Waals surface area (Å²) in [4.78, 5) is 32.1. The molecule has 0 aliphatic carbocycles. The molecular weight excluding hydrogens is 515 g/mol. The number of aromatic nitrogens is 4. The molecule has 1 unspecified atom stereocenters. The Kier molecular flexibility index (Phi) is 6.71. The Morgan fingerprint density at radius 2 is 2.03 bits per heavy atom. The van der Waals surface area contributed by atoms with Crippen LogP contribution in [-0.4, -0.2) is 45.4 Å². The van der Waals surface area contributed by atoms with Crippen LogP contribution in [0.4, 0.5) is 18.9 Å². The molecule has 5 rings (SSSR count). The van der Waals surface area contributed by atoms with E-state index < -0.39 is 34.9 Å². The number of imidazole rings is 1. The maximum atomic E-state index is 13.7. The first-order valence-electron chi connectivity index (χ1n) is 11.7. The summed E-state index contributed by atoms with van der Waals surface area (Å²) in [5.41, 5.74) is -1.57. The van der Waals surface area contributed by atoms with Gasteiger partial charge in [0.1, 0.15) is 22.3 Å². The summed E-state index contributed by atoms with van der Waals surface area (Å²) in [6.45, 7) is 1.32. The van der Waals surface area contributed by atoms with Crippen molar-refractivity contribution < 1.29 is 27.4 Å². The minimum absolute atomic E-state index is 0.00251. The van der Waals surface area contributed by atoms with Gasteiger partial charge < -0.3 is 18.9 Å². The van der Waals surface area contributed by atoms with E-state index in [0.29, 0.717) is 31.1 Å². The van der Waals surface area contributed by atoms with E-state index in [4.69, 9.17) is 21.1 Å². The van der Waals surface area contributed by atoms with Gasteiger partial charge in [0.05, 0.1) is 37.3 Å². The Morgan fingerprint density at radius 3 is 2.73 bits per heavy atom. The first kappa shape index (κ1) is 25.3. The van der Waals surface area contributed by atoms with Gasteiger partial charge in [-0.15, -0.1) is 0 Å². The van der Waals surface area contributed by atoms with Gasteiger partial charge in [0, 0.05) is 25.3 Å².